The average Bonchev–Trinajstić information content (AvgIpc) is 3.00. The molecular weight excluding hydrogens is 360 g/mol. The lowest BCUT2D eigenvalue weighted by Crippen LogP contribution is -2.40. The van der Waals surface area contributed by atoms with Gasteiger partial charge in [-0.25, -0.2) is 4.79 Å². The van der Waals surface area contributed by atoms with E-state index in [1.165, 1.54) is 0 Å². The van der Waals surface area contributed by atoms with Crippen molar-refractivity contribution in [1.29, 1.82) is 0 Å². The summed E-state index contributed by atoms with van der Waals surface area (Å²) in [6.07, 6.45) is 4.74. The zero-order valence-corrected chi connectivity index (χ0v) is 16.3. The number of hydrogen-bond acceptors (Lipinski definition) is 6. The zero-order chi connectivity index (χ0) is 19.8. The van der Waals surface area contributed by atoms with E-state index in [0.717, 1.165) is 37.9 Å². The third kappa shape index (κ3) is 3.26. The van der Waals surface area contributed by atoms with E-state index in [-0.39, 0.29) is 24.0 Å². The van der Waals surface area contributed by atoms with Gasteiger partial charge in [0.2, 0.25) is 0 Å². The van der Waals surface area contributed by atoms with Crippen LogP contribution < -0.4 is 5.63 Å². The van der Waals surface area contributed by atoms with Crippen LogP contribution in [0.2, 0.25) is 0 Å². The number of amides is 1. The zero-order valence-electron chi connectivity index (χ0n) is 16.3. The van der Waals surface area contributed by atoms with Gasteiger partial charge in [0, 0.05) is 32.0 Å². The minimum atomic E-state index is -0.519. The van der Waals surface area contributed by atoms with Gasteiger partial charge in [-0.3, -0.25) is 4.79 Å². The number of carbonyl (C=O) groups excluding carboxylic acids is 1. The minimum absolute atomic E-state index is 0.146. The van der Waals surface area contributed by atoms with Crippen molar-refractivity contribution in [3.63, 3.8) is 0 Å². The standard InChI is InChI=1S/C20H26N4O4/c1-12-10-15(13-4-3-5-13)28-20(27)17(12)19(26)24-8-6-14(7-9-24)18-22-21-16(11-25)23(18)2/h10,13-14,25H,3-9,11H2,1-2H3. The van der Waals surface area contributed by atoms with Gasteiger partial charge in [0.25, 0.3) is 5.91 Å². The second-order valence-corrected chi connectivity index (χ2v) is 7.88. The number of aryl methyl sites for hydroxylation is 1. The van der Waals surface area contributed by atoms with Gasteiger partial charge in [-0.05, 0) is 44.2 Å². The van der Waals surface area contributed by atoms with Crippen LogP contribution in [-0.4, -0.2) is 43.8 Å². The largest absolute Gasteiger partial charge is 0.427 e. The Hall–Kier alpha value is -2.48. The predicted molar refractivity (Wildman–Crippen MR) is 101 cm³/mol. The summed E-state index contributed by atoms with van der Waals surface area (Å²) in [5.41, 5.74) is 0.337. The smallest absolute Gasteiger partial charge is 0.349 e. The van der Waals surface area contributed by atoms with Crippen LogP contribution in [0.4, 0.5) is 0 Å². The molecule has 2 aromatic heterocycles. The molecule has 28 heavy (non-hydrogen) atoms. The number of piperidine rings is 1. The fraction of sp³-hybridized carbons (Fsp3) is 0.600. The van der Waals surface area contributed by atoms with Gasteiger partial charge < -0.3 is 19.0 Å². The topological polar surface area (TPSA) is 101 Å². The maximum absolute atomic E-state index is 13.0. The molecule has 0 radical (unpaired) electrons. The summed E-state index contributed by atoms with van der Waals surface area (Å²) in [4.78, 5) is 27.2. The van der Waals surface area contributed by atoms with Gasteiger partial charge in [-0.1, -0.05) is 6.42 Å². The van der Waals surface area contributed by atoms with E-state index < -0.39 is 5.63 Å². The Morgan fingerprint density at radius 1 is 1.21 bits per heavy atom. The lowest BCUT2D eigenvalue weighted by atomic mass is 9.83. The normalized spacial score (nSPS) is 18.3. The number of rotatable bonds is 4. The molecule has 2 aromatic rings. The van der Waals surface area contributed by atoms with Crippen molar-refractivity contribution in [3.8, 4) is 0 Å². The maximum Gasteiger partial charge on any atom is 0.349 e. The molecule has 1 aliphatic heterocycles. The predicted octanol–water partition coefficient (Wildman–Crippen LogP) is 1.86. The minimum Gasteiger partial charge on any atom is -0.427 e. The van der Waals surface area contributed by atoms with E-state index in [4.69, 9.17) is 4.42 Å². The lowest BCUT2D eigenvalue weighted by molar-refractivity contribution is 0.0704. The molecule has 0 aromatic carbocycles. The highest BCUT2D eigenvalue weighted by molar-refractivity contribution is 5.95. The number of likely N-dealkylation sites (tertiary alicyclic amines) is 1. The Kier molecular flexibility index (Phi) is 5.05. The van der Waals surface area contributed by atoms with Gasteiger partial charge in [0.15, 0.2) is 5.82 Å². The highest BCUT2D eigenvalue weighted by Crippen LogP contribution is 2.36. The van der Waals surface area contributed by atoms with Crippen molar-refractivity contribution in [2.45, 2.75) is 57.5 Å². The Labute approximate surface area is 163 Å². The number of aromatic nitrogens is 3. The number of nitrogens with zero attached hydrogens (tertiary/aromatic N) is 4. The Balaban J connectivity index is 1.47. The first-order valence-corrected chi connectivity index (χ1v) is 9.92. The van der Waals surface area contributed by atoms with Crippen LogP contribution in [0.3, 0.4) is 0 Å². The summed E-state index contributed by atoms with van der Waals surface area (Å²) >= 11 is 0. The lowest BCUT2D eigenvalue weighted by Gasteiger charge is -2.31. The van der Waals surface area contributed by atoms with E-state index in [1.54, 1.807) is 4.90 Å². The summed E-state index contributed by atoms with van der Waals surface area (Å²) in [6.45, 7) is 2.77. The first-order chi connectivity index (χ1) is 13.5. The summed E-state index contributed by atoms with van der Waals surface area (Å²) in [6, 6.07) is 1.86. The quantitative estimate of drug-likeness (QED) is 0.861. The van der Waals surface area contributed by atoms with Crippen LogP contribution in [-0.2, 0) is 13.7 Å². The molecule has 150 valence electrons. The monoisotopic (exact) mass is 386 g/mol. The average molecular weight is 386 g/mol. The van der Waals surface area contributed by atoms with E-state index in [1.807, 2.05) is 24.6 Å². The molecule has 8 nitrogen and oxygen atoms in total. The van der Waals surface area contributed by atoms with Gasteiger partial charge in [-0.15, -0.1) is 10.2 Å². The summed E-state index contributed by atoms with van der Waals surface area (Å²) < 4.78 is 7.30. The molecule has 1 N–H and O–H groups in total. The van der Waals surface area contributed by atoms with Crippen LogP contribution >= 0.6 is 0 Å². The molecule has 1 saturated heterocycles. The number of aliphatic hydroxyl groups is 1. The van der Waals surface area contributed by atoms with Gasteiger partial charge >= 0.3 is 5.63 Å². The van der Waals surface area contributed by atoms with Crippen LogP contribution in [0.5, 0.6) is 0 Å². The molecule has 4 rings (SSSR count). The summed E-state index contributed by atoms with van der Waals surface area (Å²) in [5.74, 6) is 2.33. The highest BCUT2D eigenvalue weighted by Gasteiger charge is 2.31. The molecule has 8 heteroatoms. The van der Waals surface area contributed by atoms with E-state index >= 15 is 0 Å². The molecule has 3 heterocycles. The van der Waals surface area contributed by atoms with Crippen LogP contribution in [0, 0.1) is 6.92 Å². The Bertz CT molecular complexity index is 936. The first-order valence-electron chi connectivity index (χ1n) is 9.92. The van der Waals surface area contributed by atoms with E-state index in [2.05, 4.69) is 10.2 Å². The van der Waals surface area contributed by atoms with Crippen molar-refractivity contribution in [3.05, 3.63) is 45.0 Å². The van der Waals surface area contributed by atoms with Gasteiger partial charge in [0.05, 0.1) is 0 Å². The maximum atomic E-state index is 13.0. The van der Waals surface area contributed by atoms with Gasteiger partial charge in [-0.2, -0.15) is 0 Å². The molecule has 1 saturated carbocycles. The number of aliphatic hydroxyl groups excluding tert-OH is 1. The number of carbonyl (C=O) groups is 1. The van der Waals surface area contributed by atoms with Gasteiger partial charge in [0.1, 0.15) is 23.8 Å². The third-order valence-electron chi connectivity index (χ3n) is 6.18. The third-order valence-corrected chi connectivity index (χ3v) is 6.18. The summed E-state index contributed by atoms with van der Waals surface area (Å²) in [7, 11) is 1.84. The highest BCUT2D eigenvalue weighted by atomic mass is 16.4. The SMILES string of the molecule is Cc1cc(C2CCC2)oc(=O)c1C(=O)N1CCC(c2nnc(CO)n2C)CC1. The fourth-order valence-corrected chi connectivity index (χ4v) is 4.15. The van der Waals surface area contributed by atoms with Crippen molar-refractivity contribution >= 4 is 5.91 Å². The van der Waals surface area contributed by atoms with Crippen molar-refractivity contribution < 1.29 is 14.3 Å². The van der Waals surface area contributed by atoms with Crippen molar-refractivity contribution in [1.82, 2.24) is 19.7 Å². The molecule has 1 amide bonds. The molecule has 0 spiro atoms. The van der Waals surface area contributed by atoms with Crippen molar-refractivity contribution in [2.75, 3.05) is 13.1 Å². The molecule has 2 aliphatic rings. The number of hydrogen-bond donors (Lipinski definition) is 1. The Morgan fingerprint density at radius 2 is 1.93 bits per heavy atom. The molecular formula is C20H26N4O4. The van der Waals surface area contributed by atoms with Crippen LogP contribution in [0.1, 0.15) is 77.3 Å². The fourth-order valence-electron chi connectivity index (χ4n) is 4.15. The van der Waals surface area contributed by atoms with Crippen molar-refractivity contribution in [2.24, 2.45) is 7.05 Å². The first kappa shape index (κ1) is 18.9. The second-order valence-electron chi connectivity index (χ2n) is 7.88. The van der Waals surface area contributed by atoms with E-state index in [0.29, 0.717) is 36.2 Å². The molecule has 0 unspecified atom stereocenters. The van der Waals surface area contributed by atoms with Crippen LogP contribution in [0.15, 0.2) is 15.3 Å². The Morgan fingerprint density at radius 3 is 2.46 bits per heavy atom. The molecule has 0 atom stereocenters. The summed E-state index contributed by atoms with van der Waals surface area (Å²) in [5, 5.41) is 17.5. The molecule has 2 fully saturated rings. The molecule has 0 bridgehead atoms. The van der Waals surface area contributed by atoms with Crippen LogP contribution in [0.25, 0.3) is 0 Å². The van der Waals surface area contributed by atoms with E-state index in [9.17, 15) is 14.7 Å². The molecule has 1 aliphatic carbocycles. The second kappa shape index (κ2) is 7.50.